The molecule has 0 unspecified atom stereocenters. The van der Waals surface area contributed by atoms with Crippen molar-refractivity contribution in [1.82, 2.24) is 10.2 Å². The van der Waals surface area contributed by atoms with Crippen LogP contribution in [0.2, 0.25) is 0 Å². The summed E-state index contributed by atoms with van der Waals surface area (Å²) in [5.41, 5.74) is 2.36. The van der Waals surface area contributed by atoms with Crippen LogP contribution < -0.4 is 10.1 Å². The molecule has 0 radical (unpaired) electrons. The molecule has 2 rings (SSSR count). The number of carbonyl (C=O) groups excluding carboxylic acids is 2. The summed E-state index contributed by atoms with van der Waals surface area (Å²) in [6.07, 6.45) is 2.07. The van der Waals surface area contributed by atoms with Crippen molar-refractivity contribution in [2.45, 2.75) is 71.9 Å². The highest BCUT2D eigenvalue weighted by Gasteiger charge is 2.29. The molecule has 0 fully saturated rings. The van der Waals surface area contributed by atoms with E-state index in [1.54, 1.807) is 4.90 Å². The smallest absolute Gasteiger partial charge is 0.261 e. The van der Waals surface area contributed by atoms with E-state index in [-0.39, 0.29) is 24.5 Å². The molecule has 0 aliphatic heterocycles. The van der Waals surface area contributed by atoms with Crippen LogP contribution in [0, 0.1) is 0 Å². The van der Waals surface area contributed by atoms with E-state index >= 15 is 0 Å². The van der Waals surface area contributed by atoms with Crippen molar-refractivity contribution in [1.29, 1.82) is 0 Å². The number of hydrogen-bond acceptors (Lipinski definition) is 3. The molecule has 2 amide bonds. The van der Waals surface area contributed by atoms with E-state index in [9.17, 15) is 9.59 Å². The van der Waals surface area contributed by atoms with Crippen LogP contribution in [0.3, 0.4) is 0 Å². The Bertz CT molecular complexity index is 834. The Hall–Kier alpha value is -2.82. The lowest BCUT2D eigenvalue weighted by Crippen LogP contribution is -2.52. The fourth-order valence-corrected chi connectivity index (χ4v) is 3.51. The molecule has 174 valence electrons. The van der Waals surface area contributed by atoms with E-state index in [0.717, 1.165) is 12.0 Å². The first-order valence-corrected chi connectivity index (χ1v) is 11.7. The van der Waals surface area contributed by atoms with Crippen LogP contribution in [0.25, 0.3) is 0 Å². The van der Waals surface area contributed by atoms with E-state index in [2.05, 4.69) is 19.2 Å². The summed E-state index contributed by atoms with van der Waals surface area (Å²) in [6, 6.07) is 17.4. The van der Waals surface area contributed by atoms with Crippen molar-refractivity contribution in [2.24, 2.45) is 0 Å². The van der Waals surface area contributed by atoms with Gasteiger partial charge in [0.2, 0.25) is 5.91 Å². The van der Waals surface area contributed by atoms with Crippen LogP contribution >= 0.6 is 0 Å². The summed E-state index contributed by atoms with van der Waals surface area (Å²) in [7, 11) is 0. The van der Waals surface area contributed by atoms with Crippen molar-refractivity contribution in [3.8, 4) is 5.75 Å². The fraction of sp³-hybridized carbons (Fsp3) is 0.481. The maximum atomic E-state index is 13.2. The van der Waals surface area contributed by atoms with Gasteiger partial charge in [0, 0.05) is 12.6 Å². The second kappa shape index (κ2) is 12.9. The van der Waals surface area contributed by atoms with Crippen molar-refractivity contribution in [2.75, 3.05) is 13.2 Å². The standard InChI is InChI=1S/C27H38N2O3/c1-6-21(5)28-27(31)25(7-2)29(18-17-22-11-9-8-10-12-22)26(30)19-32-24-15-13-23(14-16-24)20(3)4/h8-16,20-21,25H,6-7,17-19H2,1-5H3,(H,28,31)/t21-,25+/m1/s1. The molecule has 5 nitrogen and oxygen atoms in total. The summed E-state index contributed by atoms with van der Waals surface area (Å²) in [4.78, 5) is 27.8. The molecule has 5 heteroatoms. The largest absolute Gasteiger partial charge is 0.484 e. The Balaban J connectivity index is 2.11. The van der Waals surface area contributed by atoms with Gasteiger partial charge in [-0.15, -0.1) is 0 Å². The predicted octanol–water partition coefficient (Wildman–Crippen LogP) is 4.95. The highest BCUT2D eigenvalue weighted by molar-refractivity contribution is 5.88. The fourth-order valence-electron chi connectivity index (χ4n) is 3.51. The molecule has 0 saturated heterocycles. The Morgan fingerprint density at radius 3 is 2.16 bits per heavy atom. The molecule has 0 spiro atoms. The second-order valence-corrected chi connectivity index (χ2v) is 8.58. The van der Waals surface area contributed by atoms with Crippen LogP contribution in [-0.4, -0.2) is 41.9 Å². The number of hydrogen-bond donors (Lipinski definition) is 1. The predicted molar refractivity (Wildman–Crippen MR) is 130 cm³/mol. The average Bonchev–Trinajstić information content (AvgIpc) is 2.80. The topological polar surface area (TPSA) is 58.6 Å². The number of nitrogens with one attached hydrogen (secondary N) is 1. The molecule has 0 aliphatic rings. The molecule has 2 aromatic rings. The van der Waals surface area contributed by atoms with Gasteiger partial charge in [-0.1, -0.05) is 70.2 Å². The number of ether oxygens (including phenoxy) is 1. The van der Waals surface area contributed by atoms with Crippen LogP contribution in [-0.2, 0) is 16.0 Å². The molecular formula is C27H38N2O3. The lowest BCUT2D eigenvalue weighted by molar-refractivity contribution is -0.142. The van der Waals surface area contributed by atoms with E-state index in [0.29, 0.717) is 31.1 Å². The second-order valence-electron chi connectivity index (χ2n) is 8.58. The van der Waals surface area contributed by atoms with E-state index < -0.39 is 6.04 Å². The van der Waals surface area contributed by atoms with Gasteiger partial charge >= 0.3 is 0 Å². The van der Waals surface area contributed by atoms with Gasteiger partial charge in [-0.25, -0.2) is 0 Å². The normalized spacial score (nSPS) is 12.8. The SMILES string of the molecule is CC[C@@H](C)NC(=O)[C@H](CC)N(CCc1ccccc1)C(=O)COc1ccc(C(C)C)cc1. The molecule has 2 aromatic carbocycles. The third-order valence-electron chi connectivity index (χ3n) is 5.78. The van der Waals surface area contributed by atoms with Gasteiger partial charge in [0.05, 0.1) is 0 Å². The van der Waals surface area contributed by atoms with Gasteiger partial charge in [0.1, 0.15) is 11.8 Å². The van der Waals surface area contributed by atoms with Crippen LogP contribution in [0.5, 0.6) is 5.75 Å². The third kappa shape index (κ3) is 7.70. The molecule has 0 saturated carbocycles. The van der Waals surface area contributed by atoms with Gasteiger partial charge in [-0.3, -0.25) is 9.59 Å². The first-order valence-electron chi connectivity index (χ1n) is 11.7. The van der Waals surface area contributed by atoms with Crippen LogP contribution in [0.1, 0.15) is 64.5 Å². The van der Waals surface area contributed by atoms with E-state index in [4.69, 9.17) is 4.74 Å². The summed E-state index contributed by atoms with van der Waals surface area (Å²) in [5, 5.41) is 3.03. The summed E-state index contributed by atoms with van der Waals surface area (Å²) < 4.78 is 5.79. The maximum Gasteiger partial charge on any atom is 0.261 e. The Labute approximate surface area is 193 Å². The van der Waals surface area contributed by atoms with Crippen LogP contribution in [0.15, 0.2) is 54.6 Å². The highest BCUT2D eigenvalue weighted by Crippen LogP contribution is 2.19. The third-order valence-corrected chi connectivity index (χ3v) is 5.78. The van der Waals surface area contributed by atoms with Gasteiger partial charge in [0.25, 0.3) is 5.91 Å². The van der Waals surface area contributed by atoms with Gasteiger partial charge in [0.15, 0.2) is 6.61 Å². The summed E-state index contributed by atoms with van der Waals surface area (Å²) >= 11 is 0. The lowest BCUT2D eigenvalue weighted by atomic mass is 10.0. The first kappa shape index (κ1) is 25.4. The first-order chi connectivity index (χ1) is 15.3. The molecule has 1 N–H and O–H groups in total. The average molecular weight is 439 g/mol. The highest BCUT2D eigenvalue weighted by atomic mass is 16.5. The number of benzene rings is 2. The Morgan fingerprint density at radius 1 is 0.938 bits per heavy atom. The molecule has 2 atom stereocenters. The molecule has 0 heterocycles. The Kier molecular flexibility index (Phi) is 10.3. The number of rotatable bonds is 12. The number of amides is 2. The van der Waals surface area contributed by atoms with E-state index in [1.807, 2.05) is 75.4 Å². The van der Waals surface area contributed by atoms with Gasteiger partial charge in [-0.2, -0.15) is 0 Å². The summed E-state index contributed by atoms with van der Waals surface area (Å²) in [6.45, 7) is 10.6. The minimum absolute atomic E-state index is 0.0679. The molecule has 0 bridgehead atoms. The zero-order valence-corrected chi connectivity index (χ0v) is 20.1. The van der Waals surface area contributed by atoms with Gasteiger partial charge < -0.3 is 15.0 Å². The van der Waals surface area contributed by atoms with Crippen molar-refractivity contribution in [3.63, 3.8) is 0 Å². The van der Waals surface area contributed by atoms with Crippen molar-refractivity contribution in [3.05, 3.63) is 65.7 Å². The zero-order valence-electron chi connectivity index (χ0n) is 20.1. The molecule has 0 aromatic heterocycles. The minimum atomic E-state index is -0.521. The van der Waals surface area contributed by atoms with E-state index in [1.165, 1.54) is 5.56 Å². The molecule has 32 heavy (non-hydrogen) atoms. The van der Waals surface area contributed by atoms with Crippen molar-refractivity contribution >= 4 is 11.8 Å². The lowest BCUT2D eigenvalue weighted by Gasteiger charge is -2.31. The van der Waals surface area contributed by atoms with Crippen molar-refractivity contribution < 1.29 is 14.3 Å². The molecular weight excluding hydrogens is 400 g/mol. The number of nitrogens with zero attached hydrogens (tertiary/aromatic N) is 1. The maximum absolute atomic E-state index is 13.2. The van der Waals surface area contributed by atoms with Gasteiger partial charge in [-0.05, 0) is 55.4 Å². The zero-order chi connectivity index (χ0) is 23.5. The monoisotopic (exact) mass is 438 g/mol. The Morgan fingerprint density at radius 2 is 1.59 bits per heavy atom. The minimum Gasteiger partial charge on any atom is -0.484 e. The summed E-state index contributed by atoms with van der Waals surface area (Å²) in [5.74, 6) is 0.806. The quantitative estimate of drug-likeness (QED) is 0.510. The molecule has 0 aliphatic carbocycles. The number of carbonyl (C=O) groups is 2. The van der Waals surface area contributed by atoms with Crippen LogP contribution in [0.4, 0.5) is 0 Å².